The van der Waals surface area contributed by atoms with Crippen LogP contribution in [0.3, 0.4) is 0 Å². The number of methoxy groups -OCH3 is 1. The number of pyridine rings is 1. The van der Waals surface area contributed by atoms with E-state index in [9.17, 15) is 9.59 Å². The number of aryl methyl sites for hydroxylation is 1. The van der Waals surface area contributed by atoms with Gasteiger partial charge in [0.25, 0.3) is 5.91 Å². The monoisotopic (exact) mass is 344 g/mol. The summed E-state index contributed by atoms with van der Waals surface area (Å²) in [5.41, 5.74) is 1.08. The Morgan fingerprint density at radius 3 is 2.56 bits per heavy atom. The molecule has 25 heavy (non-hydrogen) atoms. The molecule has 0 saturated carbocycles. The smallest absolute Gasteiger partial charge is 0.322 e. The Morgan fingerprint density at radius 2 is 1.92 bits per heavy atom. The zero-order valence-corrected chi connectivity index (χ0v) is 14.2. The molecule has 0 spiro atoms. The van der Waals surface area contributed by atoms with Crippen LogP contribution in [0.1, 0.15) is 16.1 Å². The van der Waals surface area contributed by atoms with Gasteiger partial charge < -0.3 is 24.3 Å². The third kappa shape index (κ3) is 3.57. The molecule has 8 heteroatoms. The van der Waals surface area contributed by atoms with Crippen molar-refractivity contribution in [3.8, 4) is 5.88 Å². The number of amides is 3. The number of nitrogens with zero attached hydrogens (tertiary/aromatic N) is 3. The highest BCUT2D eigenvalue weighted by molar-refractivity contribution is 5.95. The van der Waals surface area contributed by atoms with Crippen LogP contribution in [0.15, 0.2) is 35.1 Å². The van der Waals surface area contributed by atoms with E-state index in [1.165, 1.54) is 13.4 Å². The van der Waals surface area contributed by atoms with Gasteiger partial charge in [-0.25, -0.2) is 9.78 Å². The average Bonchev–Trinajstić information content (AvgIpc) is 3.07. The quantitative estimate of drug-likeness (QED) is 0.920. The van der Waals surface area contributed by atoms with Gasteiger partial charge in [0.05, 0.1) is 18.9 Å². The van der Waals surface area contributed by atoms with Gasteiger partial charge in [-0.2, -0.15) is 0 Å². The predicted molar refractivity (Wildman–Crippen MR) is 90.7 cm³/mol. The molecule has 8 nitrogen and oxygen atoms in total. The summed E-state index contributed by atoms with van der Waals surface area (Å²) < 4.78 is 10.3. The van der Waals surface area contributed by atoms with Crippen molar-refractivity contribution in [1.82, 2.24) is 14.8 Å². The van der Waals surface area contributed by atoms with Crippen molar-refractivity contribution in [1.29, 1.82) is 0 Å². The van der Waals surface area contributed by atoms with Crippen LogP contribution >= 0.6 is 0 Å². The molecule has 3 amide bonds. The third-order valence-electron chi connectivity index (χ3n) is 4.15. The van der Waals surface area contributed by atoms with Gasteiger partial charge in [-0.05, 0) is 25.1 Å². The van der Waals surface area contributed by atoms with Crippen molar-refractivity contribution >= 4 is 17.6 Å². The van der Waals surface area contributed by atoms with Gasteiger partial charge in [0.15, 0.2) is 0 Å². The minimum atomic E-state index is -0.238. The highest BCUT2D eigenvalue weighted by Gasteiger charge is 2.26. The lowest BCUT2D eigenvalue weighted by Gasteiger charge is -2.34. The molecule has 132 valence electrons. The van der Waals surface area contributed by atoms with Gasteiger partial charge in [0.2, 0.25) is 5.88 Å². The number of hydrogen-bond acceptors (Lipinski definition) is 5. The fourth-order valence-corrected chi connectivity index (χ4v) is 2.73. The van der Waals surface area contributed by atoms with E-state index in [1.54, 1.807) is 41.1 Å². The Hall–Kier alpha value is -3.03. The average molecular weight is 344 g/mol. The molecule has 0 aliphatic carbocycles. The van der Waals surface area contributed by atoms with Crippen molar-refractivity contribution in [2.75, 3.05) is 38.6 Å². The van der Waals surface area contributed by atoms with Crippen molar-refractivity contribution in [2.24, 2.45) is 0 Å². The van der Waals surface area contributed by atoms with Crippen LogP contribution in [0.4, 0.5) is 10.5 Å². The zero-order chi connectivity index (χ0) is 17.8. The molecule has 2 aromatic rings. The Morgan fingerprint density at radius 1 is 1.20 bits per heavy atom. The lowest BCUT2D eigenvalue weighted by Crippen LogP contribution is -2.51. The molecule has 1 aliphatic rings. The van der Waals surface area contributed by atoms with Crippen LogP contribution in [-0.2, 0) is 0 Å². The highest BCUT2D eigenvalue weighted by Crippen LogP contribution is 2.20. The Balaban J connectivity index is 1.58. The largest absolute Gasteiger partial charge is 0.480 e. The minimum Gasteiger partial charge on any atom is -0.480 e. The molecule has 3 heterocycles. The summed E-state index contributed by atoms with van der Waals surface area (Å²) in [6, 6.07) is 4.89. The van der Waals surface area contributed by atoms with E-state index in [-0.39, 0.29) is 11.9 Å². The van der Waals surface area contributed by atoms with Crippen LogP contribution < -0.4 is 10.1 Å². The predicted octanol–water partition coefficient (Wildman–Crippen LogP) is 1.98. The van der Waals surface area contributed by atoms with Gasteiger partial charge in [-0.3, -0.25) is 4.79 Å². The van der Waals surface area contributed by atoms with Crippen LogP contribution in [0.2, 0.25) is 0 Å². The molecule has 0 bridgehead atoms. The topological polar surface area (TPSA) is 87.9 Å². The summed E-state index contributed by atoms with van der Waals surface area (Å²) in [6.07, 6.45) is 3.10. The molecule has 0 atom stereocenters. The molecular formula is C17H20N4O4. The van der Waals surface area contributed by atoms with Crippen molar-refractivity contribution in [2.45, 2.75) is 6.92 Å². The van der Waals surface area contributed by atoms with Crippen LogP contribution in [-0.4, -0.2) is 60.0 Å². The van der Waals surface area contributed by atoms with E-state index in [4.69, 9.17) is 9.15 Å². The fraction of sp³-hybridized carbons (Fsp3) is 0.353. The molecule has 1 fully saturated rings. The van der Waals surface area contributed by atoms with Crippen molar-refractivity contribution in [3.63, 3.8) is 0 Å². The number of urea groups is 1. The number of aromatic nitrogens is 1. The fourth-order valence-electron chi connectivity index (χ4n) is 2.73. The van der Waals surface area contributed by atoms with Gasteiger partial charge in [-0.15, -0.1) is 0 Å². The maximum atomic E-state index is 12.5. The number of hydrogen-bond donors (Lipinski definition) is 1. The number of piperazine rings is 1. The zero-order valence-electron chi connectivity index (χ0n) is 14.2. The van der Waals surface area contributed by atoms with E-state index in [0.29, 0.717) is 49.1 Å². The van der Waals surface area contributed by atoms with Crippen LogP contribution in [0.25, 0.3) is 0 Å². The standard InChI is InChI=1S/C17H20N4O4/c1-12-13(5-11-25-12)16(22)20-7-9-21(10-8-20)17(23)19-14-4-3-6-18-15(14)24-2/h3-6,11H,7-10H2,1-2H3,(H,19,23). The summed E-state index contributed by atoms with van der Waals surface area (Å²) in [4.78, 5) is 32.3. The molecule has 2 aromatic heterocycles. The first-order valence-electron chi connectivity index (χ1n) is 7.98. The third-order valence-corrected chi connectivity index (χ3v) is 4.15. The lowest BCUT2D eigenvalue weighted by atomic mass is 10.2. The number of rotatable bonds is 3. The van der Waals surface area contributed by atoms with E-state index in [0.717, 1.165) is 0 Å². The van der Waals surface area contributed by atoms with E-state index in [1.807, 2.05) is 0 Å². The number of ether oxygens (including phenoxy) is 1. The number of nitrogens with one attached hydrogen (secondary N) is 1. The summed E-state index contributed by atoms with van der Waals surface area (Å²) in [5, 5.41) is 2.79. The lowest BCUT2D eigenvalue weighted by molar-refractivity contribution is 0.0670. The first kappa shape index (κ1) is 16.8. The normalized spacial score (nSPS) is 14.3. The maximum Gasteiger partial charge on any atom is 0.322 e. The molecule has 0 unspecified atom stereocenters. The van der Waals surface area contributed by atoms with Gasteiger partial charge in [-0.1, -0.05) is 0 Å². The highest BCUT2D eigenvalue weighted by atomic mass is 16.5. The van der Waals surface area contributed by atoms with Crippen molar-refractivity contribution in [3.05, 3.63) is 42.0 Å². The molecule has 1 N–H and O–H groups in total. The summed E-state index contributed by atoms with van der Waals surface area (Å²) in [6.45, 7) is 3.62. The minimum absolute atomic E-state index is 0.0692. The second kappa shape index (κ2) is 7.25. The Bertz CT molecular complexity index is 766. The number of furan rings is 1. The summed E-state index contributed by atoms with van der Waals surface area (Å²) >= 11 is 0. The van der Waals surface area contributed by atoms with E-state index in [2.05, 4.69) is 10.3 Å². The van der Waals surface area contributed by atoms with Gasteiger partial charge in [0, 0.05) is 32.4 Å². The first-order valence-corrected chi connectivity index (χ1v) is 7.98. The molecule has 0 radical (unpaired) electrons. The molecule has 3 rings (SSSR count). The van der Waals surface area contributed by atoms with Crippen molar-refractivity contribution < 1.29 is 18.7 Å². The van der Waals surface area contributed by atoms with Crippen LogP contribution in [0.5, 0.6) is 5.88 Å². The Labute approximate surface area is 145 Å². The number of carbonyl (C=O) groups is 2. The molecule has 1 aliphatic heterocycles. The van der Waals surface area contributed by atoms with Gasteiger partial charge >= 0.3 is 6.03 Å². The van der Waals surface area contributed by atoms with E-state index >= 15 is 0 Å². The van der Waals surface area contributed by atoms with Crippen LogP contribution in [0, 0.1) is 6.92 Å². The number of anilines is 1. The second-order valence-electron chi connectivity index (χ2n) is 5.66. The Kier molecular flexibility index (Phi) is 4.87. The molecular weight excluding hydrogens is 324 g/mol. The summed E-state index contributed by atoms with van der Waals surface area (Å²) in [5.74, 6) is 0.897. The molecule has 0 aromatic carbocycles. The first-order chi connectivity index (χ1) is 12.1. The number of carbonyl (C=O) groups excluding carboxylic acids is 2. The maximum absolute atomic E-state index is 12.5. The van der Waals surface area contributed by atoms with E-state index < -0.39 is 0 Å². The second-order valence-corrected chi connectivity index (χ2v) is 5.66. The van der Waals surface area contributed by atoms with Gasteiger partial charge in [0.1, 0.15) is 11.4 Å². The summed E-state index contributed by atoms with van der Waals surface area (Å²) in [7, 11) is 1.50. The SMILES string of the molecule is COc1ncccc1NC(=O)N1CCN(C(=O)c2ccoc2C)CC1. The molecule has 1 saturated heterocycles.